The average molecular weight is 129 g/mol. The molecule has 0 aromatic heterocycles. The molecule has 1 N–H and O–H groups in total. The minimum atomic E-state index is -0.196. The van der Waals surface area contributed by atoms with Gasteiger partial charge < -0.3 is 5.11 Å². The molecular formula is C7H15NO. The summed E-state index contributed by atoms with van der Waals surface area (Å²) in [6.07, 6.45) is 1.06. The molecule has 54 valence electrons. The second-order valence-electron chi connectivity index (χ2n) is 3.05. The number of nitrogens with zero attached hydrogens (tertiary/aromatic N) is 1. The quantitative estimate of drug-likeness (QED) is 0.592. The third kappa shape index (κ3) is 1.43. The van der Waals surface area contributed by atoms with E-state index in [9.17, 15) is 5.11 Å². The highest BCUT2D eigenvalue weighted by Crippen LogP contribution is 2.14. The molecule has 1 heterocycles. The molecule has 0 aliphatic carbocycles. The molecule has 0 aromatic rings. The van der Waals surface area contributed by atoms with Crippen LogP contribution in [0.4, 0.5) is 0 Å². The third-order valence-electron chi connectivity index (χ3n) is 1.86. The molecule has 1 rings (SSSR count). The summed E-state index contributed by atoms with van der Waals surface area (Å²) in [4.78, 5) is 2.10. The molecule has 0 bridgehead atoms. The Bertz CT molecular complexity index is 88.9. The summed E-state index contributed by atoms with van der Waals surface area (Å²) in [5.74, 6) is 0.380. The van der Waals surface area contributed by atoms with Crippen LogP contribution in [0.5, 0.6) is 0 Å². The lowest BCUT2D eigenvalue weighted by molar-refractivity contribution is -0.0626. The number of likely N-dealkylation sites (tertiary alicyclic amines) is 1. The van der Waals surface area contributed by atoms with Gasteiger partial charge in [-0.15, -0.1) is 0 Å². The van der Waals surface area contributed by atoms with Gasteiger partial charge in [0.25, 0.3) is 0 Å². The van der Waals surface area contributed by atoms with Gasteiger partial charge in [0.2, 0.25) is 0 Å². The van der Waals surface area contributed by atoms with Crippen LogP contribution in [-0.4, -0.2) is 29.3 Å². The van der Waals surface area contributed by atoms with Crippen molar-refractivity contribution in [3.05, 3.63) is 0 Å². The maximum atomic E-state index is 9.37. The lowest BCUT2D eigenvalue weighted by Gasteiger charge is -2.37. The smallest absolute Gasteiger partial charge is 0.109 e. The van der Waals surface area contributed by atoms with Crippen molar-refractivity contribution in [2.75, 3.05) is 13.1 Å². The lowest BCUT2D eigenvalue weighted by atomic mass is 10.1. The molecule has 0 radical (unpaired) electrons. The molecule has 2 nitrogen and oxygen atoms in total. The van der Waals surface area contributed by atoms with Gasteiger partial charge in [-0.25, -0.2) is 0 Å². The third-order valence-corrected chi connectivity index (χ3v) is 1.86. The van der Waals surface area contributed by atoms with Crippen molar-refractivity contribution < 1.29 is 5.11 Å². The van der Waals surface area contributed by atoms with Crippen molar-refractivity contribution in [1.29, 1.82) is 0 Å². The fourth-order valence-electron chi connectivity index (χ4n) is 1.03. The van der Waals surface area contributed by atoms with Crippen LogP contribution in [0.25, 0.3) is 0 Å². The number of hydrogen-bond donors (Lipinski definition) is 1. The lowest BCUT2D eigenvalue weighted by Crippen LogP contribution is -2.47. The van der Waals surface area contributed by atoms with Gasteiger partial charge in [0.1, 0.15) is 6.23 Å². The first-order valence-electron chi connectivity index (χ1n) is 3.64. The summed E-state index contributed by atoms with van der Waals surface area (Å²) in [6.45, 7) is 6.25. The van der Waals surface area contributed by atoms with E-state index < -0.39 is 0 Å². The van der Waals surface area contributed by atoms with Crippen molar-refractivity contribution in [3.8, 4) is 0 Å². The molecule has 9 heavy (non-hydrogen) atoms. The van der Waals surface area contributed by atoms with Crippen LogP contribution < -0.4 is 0 Å². The predicted molar refractivity (Wildman–Crippen MR) is 37.0 cm³/mol. The predicted octanol–water partition coefficient (Wildman–Crippen LogP) is 0.667. The zero-order valence-electron chi connectivity index (χ0n) is 6.17. The summed E-state index contributed by atoms with van der Waals surface area (Å²) >= 11 is 0. The van der Waals surface area contributed by atoms with Crippen LogP contribution in [0, 0.1) is 5.92 Å². The van der Waals surface area contributed by atoms with Crippen LogP contribution in [0.15, 0.2) is 0 Å². The zero-order valence-corrected chi connectivity index (χ0v) is 6.17. The van der Waals surface area contributed by atoms with Gasteiger partial charge >= 0.3 is 0 Å². The van der Waals surface area contributed by atoms with E-state index in [1.165, 1.54) is 6.42 Å². The summed E-state index contributed by atoms with van der Waals surface area (Å²) < 4.78 is 0. The molecule has 1 aliphatic rings. The van der Waals surface area contributed by atoms with Gasteiger partial charge in [-0.2, -0.15) is 0 Å². The summed E-state index contributed by atoms with van der Waals surface area (Å²) in [7, 11) is 0. The Hall–Kier alpha value is -0.0800. The van der Waals surface area contributed by atoms with E-state index in [0.717, 1.165) is 13.1 Å². The molecular weight excluding hydrogens is 114 g/mol. The summed E-state index contributed by atoms with van der Waals surface area (Å²) in [5, 5.41) is 9.37. The van der Waals surface area contributed by atoms with E-state index in [0.29, 0.717) is 5.92 Å². The maximum Gasteiger partial charge on any atom is 0.109 e. The highest BCUT2D eigenvalue weighted by atomic mass is 16.3. The van der Waals surface area contributed by atoms with E-state index in [2.05, 4.69) is 4.90 Å². The van der Waals surface area contributed by atoms with E-state index in [4.69, 9.17) is 0 Å². The fraction of sp³-hybridized carbons (Fsp3) is 1.00. The van der Waals surface area contributed by atoms with E-state index in [1.807, 2.05) is 13.8 Å². The molecule has 1 aliphatic heterocycles. The molecule has 0 saturated carbocycles. The molecule has 0 aromatic carbocycles. The first kappa shape index (κ1) is 7.03. The van der Waals surface area contributed by atoms with Gasteiger partial charge in [-0.1, -0.05) is 13.8 Å². The minimum absolute atomic E-state index is 0.196. The maximum absolute atomic E-state index is 9.37. The molecule has 0 spiro atoms. The molecule has 1 unspecified atom stereocenters. The number of rotatable bonds is 2. The van der Waals surface area contributed by atoms with Gasteiger partial charge in [0.15, 0.2) is 0 Å². The second-order valence-corrected chi connectivity index (χ2v) is 3.05. The minimum Gasteiger partial charge on any atom is -0.378 e. The van der Waals surface area contributed by atoms with Gasteiger partial charge in [0.05, 0.1) is 0 Å². The highest BCUT2D eigenvalue weighted by Gasteiger charge is 2.23. The van der Waals surface area contributed by atoms with Gasteiger partial charge in [0, 0.05) is 13.1 Å². The molecule has 0 amide bonds. The Kier molecular flexibility index (Phi) is 2.09. The van der Waals surface area contributed by atoms with Crippen LogP contribution in [-0.2, 0) is 0 Å². The van der Waals surface area contributed by atoms with Crippen LogP contribution in [0.1, 0.15) is 20.3 Å². The van der Waals surface area contributed by atoms with E-state index in [1.54, 1.807) is 0 Å². The first-order chi connectivity index (χ1) is 4.22. The van der Waals surface area contributed by atoms with Crippen LogP contribution in [0.2, 0.25) is 0 Å². The number of hydrogen-bond acceptors (Lipinski definition) is 2. The standard InChI is InChI=1S/C7H15NO/c1-6(2)7(9)8-4-3-5-8/h6-7,9H,3-5H2,1-2H3. The fourth-order valence-corrected chi connectivity index (χ4v) is 1.03. The summed E-state index contributed by atoms with van der Waals surface area (Å²) in [6, 6.07) is 0. The largest absolute Gasteiger partial charge is 0.378 e. The Morgan fingerprint density at radius 3 is 2.00 bits per heavy atom. The second kappa shape index (κ2) is 2.67. The molecule has 1 saturated heterocycles. The topological polar surface area (TPSA) is 23.5 Å². The Morgan fingerprint density at radius 2 is 1.89 bits per heavy atom. The molecule has 1 fully saturated rings. The normalized spacial score (nSPS) is 24.0. The van der Waals surface area contributed by atoms with Crippen molar-refractivity contribution in [2.45, 2.75) is 26.5 Å². The van der Waals surface area contributed by atoms with Gasteiger partial charge in [-0.05, 0) is 12.3 Å². The summed E-state index contributed by atoms with van der Waals surface area (Å²) in [5.41, 5.74) is 0. The van der Waals surface area contributed by atoms with E-state index >= 15 is 0 Å². The average Bonchev–Trinajstić information content (AvgIpc) is 1.60. The molecule has 1 atom stereocenters. The number of aliphatic hydroxyl groups excluding tert-OH is 1. The Labute approximate surface area is 56.5 Å². The Morgan fingerprint density at radius 1 is 1.33 bits per heavy atom. The molecule has 2 heteroatoms. The van der Waals surface area contributed by atoms with Crippen molar-refractivity contribution in [2.24, 2.45) is 5.92 Å². The zero-order chi connectivity index (χ0) is 6.85. The highest BCUT2D eigenvalue weighted by molar-refractivity contribution is 4.72. The first-order valence-corrected chi connectivity index (χ1v) is 3.64. The Balaban J connectivity index is 2.23. The van der Waals surface area contributed by atoms with Crippen LogP contribution in [0.3, 0.4) is 0 Å². The van der Waals surface area contributed by atoms with E-state index in [-0.39, 0.29) is 6.23 Å². The van der Waals surface area contributed by atoms with Gasteiger partial charge in [-0.3, -0.25) is 4.90 Å². The monoisotopic (exact) mass is 129 g/mol. The van der Waals surface area contributed by atoms with Crippen molar-refractivity contribution in [1.82, 2.24) is 4.90 Å². The SMILES string of the molecule is CC(C)C(O)N1CCC1. The van der Waals surface area contributed by atoms with Crippen molar-refractivity contribution >= 4 is 0 Å². The van der Waals surface area contributed by atoms with Crippen molar-refractivity contribution in [3.63, 3.8) is 0 Å². The van der Waals surface area contributed by atoms with Crippen LogP contribution >= 0.6 is 0 Å². The number of aliphatic hydroxyl groups is 1.